The third kappa shape index (κ3) is 5.90. The molecular formula is C63H45N3. The van der Waals surface area contributed by atoms with Gasteiger partial charge in [0.15, 0.2) is 0 Å². The molecule has 0 aliphatic rings. The second-order valence-corrected chi connectivity index (χ2v) is 18.0. The normalized spacial score (nSPS) is 11.9. The molecule has 0 bridgehead atoms. The Bertz CT molecular complexity index is 4030. The SMILES string of the molecule is Cc1cc(C)c(-n2c3ccc(-c4ccccc4)cc3c3cc(-c4ccc5c(c4)c4cc(-c6ccccc6)ccc4n5-c4ccc5c(c4)c4ccccc4n5-c4ccccc4)ccc32)c(C)c1. The minimum atomic E-state index is 1.14. The fourth-order valence-corrected chi connectivity index (χ4v) is 11.0. The maximum atomic E-state index is 2.49. The molecule has 3 nitrogen and oxygen atoms in total. The smallest absolute Gasteiger partial charge is 0.0542 e. The Kier molecular flexibility index (Phi) is 8.56. The van der Waals surface area contributed by atoms with Crippen molar-refractivity contribution in [3.05, 3.63) is 235 Å². The van der Waals surface area contributed by atoms with Gasteiger partial charge in [-0.05, 0) is 150 Å². The molecule has 3 aromatic heterocycles. The second kappa shape index (κ2) is 14.8. The lowest BCUT2D eigenvalue weighted by Crippen LogP contribution is -2.01. The number of hydrogen-bond donors (Lipinski definition) is 0. The van der Waals surface area contributed by atoms with Crippen LogP contribution in [0.15, 0.2) is 218 Å². The third-order valence-corrected chi connectivity index (χ3v) is 13.9. The van der Waals surface area contributed by atoms with Crippen LogP contribution >= 0.6 is 0 Å². The van der Waals surface area contributed by atoms with E-state index in [1.165, 1.54) is 121 Å². The Morgan fingerprint density at radius 1 is 0.242 bits per heavy atom. The highest BCUT2D eigenvalue weighted by Gasteiger charge is 2.20. The summed E-state index contributed by atoms with van der Waals surface area (Å²) in [5, 5.41) is 7.44. The van der Waals surface area contributed by atoms with Crippen LogP contribution < -0.4 is 0 Å². The summed E-state index contributed by atoms with van der Waals surface area (Å²) in [5.41, 5.74) is 21.8. The molecule has 0 radical (unpaired) electrons. The van der Waals surface area contributed by atoms with Gasteiger partial charge in [0, 0.05) is 43.7 Å². The molecule has 13 aromatic rings. The van der Waals surface area contributed by atoms with Gasteiger partial charge in [0.25, 0.3) is 0 Å². The molecule has 3 heterocycles. The molecule has 0 atom stereocenters. The summed E-state index contributed by atoms with van der Waals surface area (Å²) >= 11 is 0. The molecule has 312 valence electrons. The molecule has 0 aliphatic heterocycles. The number of rotatable bonds is 6. The topological polar surface area (TPSA) is 14.8 Å². The second-order valence-electron chi connectivity index (χ2n) is 18.0. The maximum absolute atomic E-state index is 2.49. The molecule has 0 saturated heterocycles. The van der Waals surface area contributed by atoms with E-state index in [1.54, 1.807) is 0 Å². The van der Waals surface area contributed by atoms with Gasteiger partial charge in [-0.2, -0.15) is 0 Å². The maximum Gasteiger partial charge on any atom is 0.0542 e. The summed E-state index contributed by atoms with van der Waals surface area (Å²) in [6.45, 7) is 6.68. The van der Waals surface area contributed by atoms with Crippen molar-refractivity contribution < 1.29 is 0 Å². The van der Waals surface area contributed by atoms with E-state index in [2.05, 4.69) is 253 Å². The molecule has 3 heteroatoms. The van der Waals surface area contributed by atoms with Crippen molar-refractivity contribution in [3.63, 3.8) is 0 Å². The highest BCUT2D eigenvalue weighted by atomic mass is 15.0. The highest BCUT2D eigenvalue weighted by molar-refractivity contribution is 6.15. The molecule has 0 spiro atoms. The Morgan fingerprint density at radius 3 is 1.11 bits per heavy atom. The number of hydrogen-bond acceptors (Lipinski definition) is 0. The Morgan fingerprint density at radius 2 is 0.606 bits per heavy atom. The first-order valence-corrected chi connectivity index (χ1v) is 22.9. The number of aromatic nitrogens is 3. The molecule has 13 rings (SSSR count). The quantitative estimate of drug-likeness (QED) is 0.158. The van der Waals surface area contributed by atoms with Crippen LogP contribution in [0.25, 0.3) is 116 Å². The fraction of sp³-hybridized carbons (Fsp3) is 0.0476. The van der Waals surface area contributed by atoms with Gasteiger partial charge in [0.05, 0.1) is 38.8 Å². The summed E-state index contributed by atoms with van der Waals surface area (Å²) in [4.78, 5) is 0. The van der Waals surface area contributed by atoms with Gasteiger partial charge in [0.2, 0.25) is 0 Å². The van der Waals surface area contributed by atoms with Crippen LogP contribution in [0.1, 0.15) is 16.7 Å². The average Bonchev–Trinajstić information content (AvgIpc) is 3.99. The van der Waals surface area contributed by atoms with Crippen LogP contribution in [0.4, 0.5) is 0 Å². The number of nitrogens with zero attached hydrogens (tertiary/aromatic N) is 3. The van der Waals surface area contributed by atoms with Crippen molar-refractivity contribution in [1.29, 1.82) is 0 Å². The van der Waals surface area contributed by atoms with Crippen LogP contribution in [-0.4, -0.2) is 13.7 Å². The number of aryl methyl sites for hydroxylation is 3. The fourth-order valence-electron chi connectivity index (χ4n) is 11.0. The van der Waals surface area contributed by atoms with Gasteiger partial charge in [0.1, 0.15) is 0 Å². The molecular weight excluding hydrogens is 799 g/mol. The van der Waals surface area contributed by atoms with E-state index in [0.29, 0.717) is 0 Å². The van der Waals surface area contributed by atoms with E-state index in [-0.39, 0.29) is 0 Å². The van der Waals surface area contributed by atoms with Crippen molar-refractivity contribution in [3.8, 4) is 50.4 Å². The van der Waals surface area contributed by atoms with Crippen LogP contribution in [0, 0.1) is 20.8 Å². The van der Waals surface area contributed by atoms with Gasteiger partial charge in [-0.1, -0.05) is 139 Å². The van der Waals surface area contributed by atoms with Crippen LogP contribution in [0.5, 0.6) is 0 Å². The predicted octanol–water partition coefficient (Wildman–Crippen LogP) is 16.9. The van der Waals surface area contributed by atoms with Gasteiger partial charge >= 0.3 is 0 Å². The average molecular weight is 844 g/mol. The van der Waals surface area contributed by atoms with E-state index in [0.717, 1.165) is 11.4 Å². The summed E-state index contributed by atoms with van der Waals surface area (Å²) in [6.07, 6.45) is 0. The number of para-hydroxylation sites is 2. The molecule has 0 saturated carbocycles. The van der Waals surface area contributed by atoms with Crippen molar-refractivity contribution in [2.45, 2.75) is 20.8 Å². The van der Waals surface area contributed by atoms with E-state index < -0.39 is 0 Å². The molecule has 0 aliphatic carbocycles. The van der Waals surface area contributed by atoms with Crippen molar-refractivity contribution in [2.24, 2.45) is 0 Å². The van der Waals surface area contributed by atoms with E-state index >= 15 is 0 Å². The Balaban J connectivity index is 1.03. The third-order valence-electron chi connectivity index (χ3n) is 13.9. The monoisotopic (exact) mass is 843 g/mol. The molecule has 0 unspecified atom stereocenters. The van der Waals surface area contributed by atoms with Crippen LogP contribution in [0.3, 0.4) is 0 Å². The number of fused-ring (bicyclic) bond motifs is 9. The van der Waals surface area contributed by atoms with Gasteiger partial charge < -0.3 is 13.7 Å². The zero-order valence-electron chi connectivity index (χ0n) is 37.1. The van der Waals surface area contributed by atoms with Crippen molar-refractivity contribution in [2.75, 3.05) is 0 Å². The summed E-state index contributed by atoms with van der Waals surface area (Å²) < 4.78 is 7.34. The first kappa shape index (κ1) is 38.1. The van der Waals surface area contributed by atoms with Gasteiger partial charge in [-0.15, -0.1) is 0 Å². The van der Waals surface area contributed by atoms with Gasteiger partial charge in [-0.25, -0.2) is 0 Å². The van der Waals surface area contributed by atoms with Gasteiger partial charge in [-0.3, -0.25) is 0 Å². The summed E-state index contributed by atoms with van der Waals surface area (Å²) in [5.74, 6) is 0. The molecule has 0 N–H and O–H groups in total. The lowest BCUT2D eigenvalue weighted by atomic mass is 9.98. The Hall–Kier alpha value is -8.40. The summed E-state index contributed by atoms with van der Waals surface area (Å²) in [6, 6.07) is 80.7. The van der Waals surface area contributed by atoms with E-state index in [4.69, 9.17) is 0 Å². The minimum absolute atomic E-state index is 1.14. The van der Waals surface area contributed by atoms with Crippen LogP contribution in [0.2, 0.25) is 0 Å². The Labute approximate surface area is 383 Å². The first-order chi connectivity index (χ1) is 32.5. The van der Waals surface area contributed by atoms with Crippen molar-refractivity contribution >= 4 is 65.4 Å². The lowest BCUT2D eigenvalue weighted by molar-refractivity contribution is 1.11. The molecule has 0 amide bonds. The van der Waals surface area contributed by atoms with E-state index in [1.807, 2.05) is 0 Å². The zero-order chi connectivity index (χ0) is 44.0. The van der Waals surface area contributed by atoms with Crippen LogP contribution in [-0.2, 0) is 0 Å². The van der Waals surface area contributed by atoms with E-state index in [9.17, 15) is 0 Å². The highest BCUT2D eigenvalue weighted by Crippen LogP contribution is 2.42. The molecule has 10 aromatic carbocycles. The molecule has 0 fully saturated rings. The first-order valence-electron chi connectivity index (χ1n) is 22.9. The predicted molar refractivity (Wildman–Crippen MR) is 280 cm³/mol. The largest absolute Gasteiger partial charge is 0.309 e. The number of benzene rings is 10. The standard InChI is InChI=1S/C63H45N3/c1-40-33-41(2)63(42(3)34-40)66-61-30-24-46(44-17-9-5-10-18-44)36-54(61)55-38-48(26-31-62(55)66)47-25-29-59-53(37-47)52-35-45(43-15-7-4-8-16-43)23-28-58(52)65(59)50-27-32-60-56(39-50)51-21-13-14-22-57(51)64(60)49-19-11-6-12-20-49/h4-39H,1-3H3. The summed E-state index contributed by atoms with van der Waals surface area (Å²) in [7, 11) is 0. The minimum Gasteiger partial charge on any atom is -0.309 e. The molecule has 66 heavy (non-hydrogen) atoms. The zero-order valence-corrected chi connectivity index (χ0v) is 37.1. The lowest BCUT2D eigenvalue weighted by Gasteiger charge is -2.16. The van der Waals surface area contributed by atoms with Crippen molar-refractivity contribution in [1.82, 2.24) is 13.7 Å².